The van der Waals surface area contributed by atoms with Crippen molar-refractivity contribution < 1.29 is 9.53 Å². The van der Waals surface area contributed by atoms with Gasteiger partial charge in [0.2, 0.25) is 0 Å². The fourth-order valence-electron chi connectivity index (χ4n) is 3.26. The molecule has 2 aliphatic rings. The molecule has 2 heterocycles. The second kappa shape index (κ2) is 6.82. The van der Waals surface area contributed by atoms with Crippen molar-refractivity contribution in [1.82, 2.24) is 4.90 Å². The number of nitrogens with zero attached hydrogens (tertiary/aromatic N) is 1. The van der Waals surface area contributed by atoms with Gasteiger partial charge in [-0.2, -0.15) is 0 Å². The van der Waals surface area contributed by atoms with E-state index < -0.39 is 0 Å². The van der Waals surface area contributed by atoms with Crippen molar-refractivity contribution in [2.24, 2.45) is 0 Å². The van der Waals surface area contributed by atoms with Gasteiger partial charge in [0, 0.05) is 41.4 Å². The Labute approximate surface area is 161 Å². The van der Waals surface area contributed by atoms with Crippen LogP contribution < -0.4 is 10.5 Å². The molecular weight excluding hydrogens is 368 g/mol. The minimum absolute atomic E-state index is 0.0341. The topological polar surface area (TPSA) is 55.6 Å². The maximum absolute atomic E-state index is 13.0. The molecule has 1 atom stereocenters. The second-order valence-electron chi connectivity index (χ2n) is 6.41. The third-order valence-electron chi connectivity index (χ3n) is 4.66. The summed E-state index contributed by atoms with van der Waals surface area (Å²) in [5.41, 5.74) is 9.51. The molecule has 0 radical (unpaired) electrons. The van der Waals surface area contributed by atoms with Crippen molar-refractivity contribution in [1.29, 1.82) is 0 Å². The summed E-state index contributed by atoms with van der Waals surface area (Å²) < 4.78 is 5.82. The fourth-order valence-corrected chi connectivity index (χ4v) is 4.80. The molecule has 1 amide bonds. The fraction of sp³-hybridized carbons (Fsp3) is 0.250. The number of ether oxygens (including phenoxy) is 1. The normalized spacial score (nSPS) is 18.2. The number of carbonyl (C=O) groups excluding carboxylic acids is 1. The third kappa shape index (κ3) is 3.02. The van der Waals surface area contributed by atoms with Crippen LogP contribution in [0.25, 0.3) is 10.4 Å². The first-order chi connectivity index (χ1) is 12.5. The van der Waals surface area contributed by atoms with E-state index in [0.717, 1.165) is 40.3 Å². The molecule has 1 aliphatic carbocycles. The Kier molecular flexibility index (Phi) is 4.51. The lowest BCUT2D eigenvalue weighted by Gasteiger charge is -2.25. The number of nitrogens with two attached hydrogens (primary N) is 1. The highest BCUT2D eigenvalue weighted by Gasteiger charge is 2.26. The van der Waals surface area contributed by atoms with Crippen molar-refractivity contribution in [3.8, 4) is 16.2 Å². The van der Waals surface area contributed by atoms with Crippen molar-refractivity contribution in [2.75, 3.05) is 19.4 Å². The number of carbonyl (C=O) groups is 1. The maximum Gasteiger partial charge on any atom is 0.267 e. The second-order valence-corrected chi connectivity index (χ2v) is 7.99. The van der Waals surface area contributed by atoms with E-state index in [-0.39, 0.29) is 11.3 Å². The molecule has 1 unspecified atom stereocenters. The van der Waals surface area contributed by atoms with Crippen molar-refractivity contribution in [3.63, 3.8) is 0 Å². The number of rotatable bonds is 2. The Morgan fingerprint density at radius 1 is 1.38 bits per heavy atom. The minimum Gasteiger partial charge on any atom is -0.492 e. The predicted octanol–water partition coefficient (Wildman–Crippen LogP) is 4.46. The highest BCUT2D eigenvalue weighted by atomic mass is 35.5. The monoisotopic (exact) mass is 386 g/mol. The number of alkyl halides is 1. The molecule has 1 aromatic heterocycles. The Hall–Kier alpha value is -2.24. The van der Waals surface area contributed by atoms with Gasteiger partial charge >= 0.3 is 0 Å². The summed E-state index contributed by atoms with van der Waals surface area (Å²) in [6.45, 7) is 0.573. The van der Waals surface area contributed by atoms with Gasteiger partial charge in [-0.3, -0.25) is 4.79 Å². The first kappa shape index (κ1) is 17.2. The van der Waals surface area contributed by atoms with Crippen LogP contribution in [-0.4, -0.2) is 29.8 Å². The smallest absolute Gasteiger partial charge is 0.267 e. The summed E-state index contributed by atoms with van der Waals surface area (Å²) in [6.07, 6.45) is 7.36. The third-order valence-corrected chi connectivity index (χ3v) is 6.26. The average Bonchev–Trinajstić information content (AvgIpc) is 2.98. The molecule has 0 fully saturated rings. The lowest BCUT2D eigenvalue weighted by Crippen LogP contribution is -2.30. The lowest BCUT2D eigenvalue weighted by atomic mass is 10.1. The first-order valence-corrected chi connectivity index (χ1v) is 9.74. The summed E-state index contributed by atoms with van der Waals surface area (Å²) in [7, 11) is 1.78. The number of amides is 1. The first-order valence-electron chi connectivity index (χ1n) is 8.49. The van der Waals surface area contributed by atoms with E-state index in [1.165, 1.54) is 11.3 Å². The van der Waals surface area contributed by atoms with E-state index in [2.05, 4.69) is 0 Å². The van der Waals surface area contributed by atoms with Crippen molar-refractivity contribution in [3.05, 3.63) is 58.6 Å². The largest absolute Gasteiger partial charge is 0.492 e. The number of halogens is 1. The van der Waals surface area contributed by atoms with E-state index >= 15 is 0 Å². The van der Waals surface area contributed by atoms with E-state index in [4.69, 9.17) is 22.1 Å². The number of benzene rings is 1. The molecule has 26 heavy (non-hydrogen) atoms. The lowest BCUT2D eigenvalue weighted by molar-refractivity contribution is 0.0837. The van der Waals surface area contributed by atoms with Crippen LogP contribution in [0.5, 0.6) is 5.75 Å². The van der Waals surface area contributed by atoms with Gasteiger partial charge in [-0.05, 0) is 36.3 Å². The molecular formula is C20H19ClN2O2S. The number of hydrogen-bond donors (Lipinski definition) is 1. The van der Waals surface area contributed by atoms with Crippen LogP contribution in [0.4, 0.5) is 5.69 Å². The molecule has 0 saturated carbocycles. The summed E-state index contributed by atoms with van der Waals surface area (Å²) in [5.74, 6) is 0.743. The molecule has 0 spiro atoms. The summed E-state index contributed by atoms with van der Waals surface area (Å²) in [6, 6.07) is 7.65. The number of allylic oxidation sites excluding steroid dienone is 4. The van der Waals surface area contributed by atoms with Gasteiger partial charge in [-0.25, -0.2) is 0 Å². The molecule has 6 heteroatoms. The molecule has 2 N–H and O–H groups in total. The quantitative estimate of drug-likeness (QED) is 0.612. The molecule has 0 bridgehead atoms. The van der Waals surface area contributed by atoms with Crippen LogP contribution in [0.15, 0.2) is 48.2 Å². The van der Waals surface area contributed by atoms with Crippen molar-refractivity contribution in [2.45, 2.75) is 18.2 Å². The molecule has 134 valence electrons. The van der Waals surface area contributed by atoms with E-state index in [1.807, 2.05) is 42.5 Å². The van der Waals surface area contributed by atoms with E-state index in [9.17, 15) is 4.79 Å². The van der Waals surface area contributed by atoms with Gasteiger partial charge in [0.15, 0.2) is 0 Å². The van der Waals surface area contributed by atoms with Gasteiger partial charge in [0.05, 0.1) is 16.9 Å². The Morgan fingerprint density at radius 3 is 3.04 bits per heavy atom. The van der Waals surface area contributed by atoms with Gasteiger partial charge in [0.25, 0.3) is 5.91 Å². The van der Waals surface area contributed by atoms with Gasteiger partial charge < -0.3 is 15.4 Å². The highest BCUT2D eigenvalue weighted by molar-refractivity contribution is 7.17. The molecule has 0 saturated heterocycles. The maximum atomic E-state index is 13.0. The number of fused-ring (bicyclic) bond motifs is 3. The van der Waals surface area contributed by atoms with Gasteiger partial charge in [-0.1, -0.05) is 12.2 Å². The number of nitrogen functional groups attached to an aromatic ring is 1. The van der Waals surface area contributed by atoms with Crippen LogP contribution in [0.1, 0.15) is 21.7 Å². The van der Waals surface area contributed by atoms with E-state index in [0.29, 0.717) is 17.2 Å². The zero-order chi connectivity index (χ0) is 18.3. The molecule has 1 aliphatic heterocycles. The molecule has 4 rings (SSSR count). The highest BCUT2D eigenvalue weighted by Crippen LogP contribution is 2.42. The zero-order valence-corrected chi connectivity index (χ0v) is 15.9. The number of anilines is 1. The Morgan fingerprint density at radius 2 is 2.23 bits per heavy atom. The van der Waals surface area contributed by atoms with Crippen molar-refractivity contribution >= 4 is 34.5 Å². The van der Waals surface area contributed by atoms with Crippen LogP contribution >= 0.6 is 22.9 Å². The van der Waals surface area contributed by atoms with Crippen LogP contribution in [0, 0.1) is 0 Å². The average molecular weight is 387 g/mol. The standard InChI is InChI=1S/C20H19ClN2O2S/c1-23(16-5-3-2-4-15(16)21)20(24)18-10-12-8-9-25-17-11-13(22)6-7-14(17)19(12)26-18/h2-3,5-7,10-11,15H,4,8-9,22H2,1H3. The van der Waals surface area contributed by atoms with Crippen LogP contribution in [0.2, 0.25) is 0 Å². The summed E-state index contributed by atoms with van der Waals surface area (Å²) in [4.78, 5) is 16.5. The van der Waals surface area contributed by atoms with Gasteiger partial charge in [0.1, 0.15) is 5.75 Å². The number of thiophene rings is 1. The predicted molar refractivity (Wildman–Crippen MR) is 107 cm³/mol. The molecule has 1 aromatic carbocycles. The summed E-state index contributed by atoms with van der Waals surface area (Å²) in [5, 5.41) is -0.177. The van der Waals surface area contributed by atoms with Crippen LogP contribution in [0.3, 0.4) is 0 Å². The van der Waals surface area contributed by atoms with Gasteiger partial charge in [-0.15, -0.1) is 22.9 Å². The Bertz CT molecular complexity index is 932. The van der Waals surface area contributed by atoms with Crippen LogP contribution in [-0.2, 0) is 6.42 Å². The molecule has 2 aromatic rings. The number of hydrogen-bond acceptors (Lipinski definition) is 4. The Balaban J connectivity index is 1.69. The SMILES string of the molecule is CN(C(=O)c1cc2c(s1)-c1ccc(N)cc1OCC2)C1=CC=CCC1Cl. The minimum atomic E-state index is -0.177. The van der Waals surface area contributed by atoms with E-state index in [1.54, 1.807) is 11.9 Å². The summed E-state index contributed by atoms with van der Waals surface area (Å²) >= 11 is 7.87. The zero-order valence-electron chi connectivity index (χ0n) is 14.4. The molecule has 4 nitrogen and oxygen atoms in total.